The summed E-state index contributed by atoms with van der Waals surface area (Å²) in [5, 5.41) is 11.0. The van der Waals surface area contributed by atoms with Crippen LogP contribution >= 0.6 is 0 Å². The van der Waals surface area contributed by atoms with E-state index in [1.54, 1.807) is 41.5 Å². The summed E-state index contributed by atoms with van der Waals surface area (Å²) < 4.78 is 43.7. The Balaban J connectivity index is 2.23. The van der Waals surface area contributed by atoms with Gasteiger partial charge in [-0.1, -0.05) is 32.1 Å². The van der Waals surface area contributed by atoms with Crippen LogP contribution in [0.25, 0.3) is 0 Å². The van der Waals surface area contributed by atoms with Gasteiger partial charge in [-0.3, -0.25) is 9.69 Å². The minimum absolute atomic E-state index is 0.136. The van der Waals surface area contributed by atoms with Crippen molar-refractivity contribution in [3.05, 3.63) is 0 Å². The molecule has 0 unspecified atom stereocenters. The zero-order chi connectivity index (χ0) is 25.7. The summed E-state index contributed by atoms with van der Waals surface area (Å²) in [4.78, 5) is 26.2. The second-order valence-corrected chi connectivity index (χ2v) is 12.5. The summed E-state index contributed by atoms with van der Waals surface area (Å²) in [5.74, 6) is -1.03. The van der Waals surface area contributed by atoms with Crippen LogP contribution in [0.15, 0.2) is 0 Å². The van der Waals surface area contributed by atoms with E-state index in [0.717, 1.165) is 25.7 Å². The average Bonchev–Trinajstić information content (AvgIpc) is 2.96. The lowest BCUT2D eigenvalue weighted by Gasteiger charge is -2.37. The molecule has 1 aliphatic carbocycles. The van der Waals surface area contributed by atoms with Gasteiger partial charge in [-0.05, 0) is 53.9 Å². The molecule has 0 bridgehead atoms. The van der Waals surface area contributed by atoms with Crippen LogP contribution in [0.4, 0.5) is 4.79 Å². The number of nitrogens with zero attached hydrogens (tertiary/aromatic N) is 1. The highest BCUT2D eigenvalue weighted by Gasteiger charge is 2.54. The molecule has 1 saturated heterocycles. The van der Waals surface area contributed by atoms with Gasteiger partial charge in [0.25, 0.3) is 0 Å². The Bertz CT molecular complexity index is 802. The van der Waals surface area contributed by atoms with E-state index < -0.39 is 64.0 Å². The molecule has 3 atom stereocenters. The Kier molecular flexibility index (Phi) is 9.77. The highest BCUT2D eigenvalue weighted by molar-refractivity contribution is 7.89. The third kappa shape index (κ3) is 8.35. The van der Waals surface area contributed by atoms with Crippen molar-refractivity contribution >= 4 is 22.1 Å². The van der Waals surface area contributed by atoms with Gasteiger partial charge in [0.15, 0.2) is 0 Å². The molecule has 0 aromatic heterocycles. The molecule has 1 heterocycles. The number of sulfonamides is 1. The Morgan fingerprint density at radius 1 is 1.21 bits per heavy atom. The Labute approximate surface area is 203 Å². The van der Waals surface area contributed by atoms with Gasteiger partial charge in [-0.25, -0.2) is 17.9 Å². The number of aliphatic hydroxyl groups excluding tert-OH is 1. The van der Waals surface area contributed by atoms with Gasteiger partial charge in [-0.2, -0.15) is 0 Å². The van der Waals surface area contributed by atoms with E-state index in [1.165, 1.54) is 11.3 Å². The smallest absolute Gasteiger partial charge is 0.412 e. The van der Waals surface area contributed by atoms with Crippen molar-refractivity contribution in [2.45, 2.75) is 110 Å². The first kappa shape index (κ1) is 28.8. The molecular weight excluding hydrogens is 464 g/mol. The van der Waals surface area contributed by atoms with Crippen LogP contribution in [0.1, 0.15) is 80.1 Å². The fourth-order valence-electron chi connectivity index (χ4n) is 4.78. The molecular formula is C23H42N2O8S. The zero-order valence-corrected chi connectivity index (χ0v) is 22.2. The third-order valence-electron chi connectivity index (χ3n) is 6.12. The number of amides is 1. The number of carbonyl (C=O) groups is 2. The van der Waals surface area contributed by atoms with E-state index in [-0.39, 0.29) is 6.61 Å². The predicted octanol–water partition coefficient (Wildman–Crippen LogP) is 2.54. The van der Waals surface area contributed by atoms with Crippen molar-refractivity contribution < 1.29 is 37.3 Å². The van der Waals surface area contributed by atoms with E-state index in [1.807, 2.05) is 0 Å². The van der Waals surface area contributed by atoms with Gasteiger partial charge in [0.1, 0.15) is 24.0 Å². The molecule has 2 aliphatic rings. The first-order chi connectivity index (χ1) is 15.6. The van der Waals surface area contributed by atoms with Crippen molar-refractivity contribution in [1.82, 2.24) is 9.62 Å². The van der Waals surface area contributed by atoms with E-state index in [2.05, 4.69) is 4.72 Å². The summed E-state index contributed by atoms with van der Waals surface area (Å²) in [6.45, 7) is 10.00. The summed E-state index contributed by atoms with van der Waals surface area (Å²) >= 11 is 0. The fraction of sp³-hybridized carbons (Fsp3) is 0.913. The van der Waals surface area contributed by atoms with E-state index >= 15 is 0 Å². The molecule has 2 N–H and O–H groups in total. The largest absolute Gasteiger partial charge is 0.465 e. The molecule has 0 spiro atoms. The lowest BCUT2D eigenvalue weighted by Crippen LogP contribution is -2.52. The summed E-state index contributed by atoms with van der Waals surface area (Å²) in [6.07, 6.45) is 3.10. The monoisotopic (exact) mass is 506 g/mol. The van der Waals surface area contributed by atoms with Gasteiger partial charge in [-0.15, -0.1) is 0 Å². The normalized spacial score (nSPS) is 24.6. The Hall–Kier alpha value is -1.43. The van der Waals surface area contributed by atoms with E-state index in [0.29, 0.717) is 12.3 Å². The van der Waals surface area contributed by atoms with Crippen LogP contribution in [-0.4, -0.2) is 79.0 Å². The zero-order valence-electron chi connectivity index (χ0n) is 21.3. The second-order valence-electron chi connectivity index (χ2n) is 10.7. The first-order valence-corrected chi connectivity index (χ1v) is 13.8. The van der Waals surface area contributed by atoms with Gasteiger partial charge in [0.05, 0.1) is 24.5 Å². The standard InChI is InChI=1S/C23H42N2O8S/c1-7-31-19(27)14-24-34(29,30)15-18(26)20-17(13-16-11-9-8-10-12-16)25(23(5,6)32-20)21(28)33-22(2,3)4/h16-18,20,24,26H,7-15H2,1-6H3/t17-,18+,20+/m0/s1. The van der Waals surface area contributed by atoms with Crippen molar-refractivity contribution in [2.24, 2.45) is 5.92 Å². The first-order valence-electron chi connectivity index (χ1n) is 12.2. The summed E-state index contributed by atoms with van der Waals surface area (Å²) in [5.41, 5.74) is -1.82. The number of hydrogen-bond acceptors (Lipinski definition) is 8. The van der Waals surface area contributed by atoms with Crippen molar-refractivity contribution in [2.75, 3.05) is 18.9 Å². The van der Waals surface area contributed by atoms with Gasteiger partial charge in [0.2, 0.25) is 10.0 Å². The molecule has 198 valence electrons. The van der Waals surface area contributed by atoms with E-state index in [9.17, 15) is 23.1 Å². The minimum Gasteiger partial charge on any atom is -0.465 e. The van der Waals surface area contributed by atoms with Crippen LogP contribution in [0.5, 0.6) is 0 Å². The molecule has 1 amide bonds. The van der Waals surface area contributed by atoms with Crippen LogP contribution in [-0.2, 0) is 29.0 Å². The maximum absolute atomic E-state index is 13.2. The number of nitrogens with one attached hydrogen (secondary N) is 1. The SMILES string of the molecule is CCOC(=O)CNS(=O)(=O)C[C@@H](O)[C@@H]1OC(C)(C)N(C(=O)OC(C)(C)C)[C@H]1CC1CCCCC1. The number of ether oxygens (including phenoxy) is 3. The maximum Gasteiger partial charge on any atom is 0.412 e. The second kappa shape index (κ2) is 11.5. The average molecular weight is 507 g/mol. The number of rotatable bonds is 9. The fourth-order valence-corrected chi connectivity index (χ4v) is 5.87. The molecule has 1 aliphatic heterocycles. The summed E-state index contributed by atoms with van der Waals surface area (Å²) in [7, 11) is -4.01. The third-order valence-corrected chi connectivity index (χ3v) is 7.48. The topological polar surface area (TPSA) is 131 Å². The predicted molar refractivity (Wildman–Crippen MR) is 126 cm³/mol. The minimum atomic E-state index is -4.01. The Morgan fingerprint density at radius 3 is 2.38 bits per heavy atom. The molecule has 34 heavy (non-hydrogen) atoms. The van der Waals surface area contributed by atoms with Crippen LogP contribution in [0, 0.1) is 5.92 Å². The highest BCUT2D eigenvalue weighted by atomic mass is 32.2. The molecule has 10 nitrogen and oxygen atoms in total. The molecule has 0 aromatic rings. The molecule has 2 rings (SSSR count). The molecule has 0 radical (unpaired) electrons. The number of hydrogen-bond donors (Lipinski definition) is 2. The van der Waals surface area contributed by atoms with Crippen molar-refractivity contribution in [1.29, 1.82) is 0 Å². The number of carbonyl (C=O) groups excluding carboxylic acids is 2. The lowest BCUT2D eigenvalue weighted by molar-refractivity contribution is -0.141. The van der Waals surface area contributed by atoms with Gasteiger partial charge < -0.3 is 19.3 Å². The van der Waals surface area contributed by atoms with Crippen LogP contribution < -0.4 is 4.72 Å². The molecule has 1 saturated carbocycles. The quantitative estimate of drug-likeness (QED) is 0.456. The molecule has 11 heteroatoms. The molecule has 0 aromatic carbocycles. The lowest BCUT2D eigenvalue weighted by atomic mass is 9.83. The van der Waals surface area contributed by atoms with Crippen molar-refractivity contribution in [3.63, 3.8) is 0 Å². The Morgan fingerprint density at radius 2 is 1.82 bits per heavy atom. The van der Waals surface area contributed by atoms with Crippen LogP contribution in [0.3, 0.4) is 0 Å². The number of aliphatic hydroxyl groups is 1. The van der Waals surface area contributed by atoms with Crippen molar-refractivity contribution in [3.8, 4) is 0 Å². The molecule has 2 fully saturated rings. The summed E-state index contributed by atoms with van der Waals surface area (Å²) in [6, 6.07) is -0.553. The van der Waals surface area contributed by atoms with Gasteiger partial charge in [0, 0.05) is 0 Å². The van der Waals surface area contributed by atoms with Gasteiger partial charge >= 0.3 is 12.1 Å². The van der Waals surface area contributed by atoms with Crippen LogP contribution in [0.2, 0.25) is 0 Å². The highest BCUT2D eigenvalue weighted by Crippen LogP contribution is 2.40. The maximum atomic E-state index is 13.2. The number of esters is 1. The van der Waals surface area contributed by atoms with E-state index in [4.69, 9.17) is 14.2 Å².